The first-order chi connectivity index (χ1) is 11.3. The minimum atomic E-state index is -0.0291. The van der Waals surface area contributed by atoms with Crippen molar-refractivity contribution in [2.75, 3.05) is 19.0 Å². The average Bonchev–Trinajstić information content (AvgIpc) is 2.99. The molecule has 1 saturated heterocycles. The van der Waals surface area contributed by atoms with E-state index in [0.29, 0.717) is 0 Å². The van der Waals surface area contributed by atoms with Crippen molar-refractivity contribution in [2.24, 2.45) is 0 Å². The first kappa shape index (κ1) is 15.9. The SMILES string of the molecule is COc1cccc(NC(=O)N2CCCCCC2c2cccs2)c1. The number of hydrogen-bond acceptors (Lipinski definition) is 3. The van der Waals surface area contributed by atoms with Crippen LogP contribution in [0.15, 0.2) is 41.8 Å². The Morgan fingerprint density at radius 3 is 2.96 bits per heavy atom. The standard InChI is InChI=1S/C18H22N2O2S/c1-22-15-8-5-7-14(13-15)19-18(21)20-11-4-2-3-9-16(20)17-10-6-12-23-17/h5-8,10,12-13,16H,2-4,9,11H2,1H3,(H,19,21). The van der Waals surface area contributed by atoms with Crippen molar-refractivity contribution in [3.63, 3.8) is 0 Å². The highest BCUT2D eigenvalue weighted by molar-refractivity contribution is 7.10. The van der Waals surface area contributed by atoms with Crippen molar-refractivity contribution in [3.8, 4) is 5.75 Å². The van der Waals surface area contributed by atoms with Crippen LogP contribution in [0.2, 0.25) is 0 Å². The highest BCUT2D eigenvalue weighted by atomic mass is 32.1. The number of benzene rings is 1. The van der Waals surface area contributed by atoms with E-state index in [-0.39, 0.29) is 12.1 Å². The van der Waals surface area contributed by atoms with Crippen molar-refractivity contribution in [1.82, 2.24) is 4.90 Å². The summed E-state index contributed by atoms with van der Waals surface area (Å²) in [5.41, 5.74) is 0.767. The molecule has 23 heavy (non-hydrogen) atoms. The second kappa shape index (κ2) is 7.51. The molecule has 1 fully saturated rings. The van der Waals surface area contributed by atoms with Crippen LogP contribution >= 0.6 is 11.3 Å². The number of ether oxygens (including phenoxy) is 1. The van der Waals surface area contributed by atoms with Crippen molar-refractivity contribution >= 4 is 23.1 Å². The molecule has 1 unspecified atom stereocenters. The van der Waals surface area contributed by atoms with Crippen LogP contribution in [-0.2, 0) is 0 Å². The summed E-state index contributed by atoms with van der Waals surface area (Å²) in [4.78, 5) is 16.1. The van der Waals surface area contributed by atoms with E-state index in [4.69, 9.17) is 4.74 Å². The molecule has 5 heteroatoms. The van der Waals surface area contributed by atoms with E-state index < -0.39 is 0 Å². The van der Waals surface area contributed by atoms with Gasteiger partial charge in [-0.2, -0.15) is 0 Å². The quantitative estimate of drug-likeness (QED) is 0.869. The third-order valence-electron chi connectivity index (χ3n) is 4.21. The predicted octanol–water partition coefficient (Wildman–Crippen LogP) is 4.91. The average molecular weight is 330 g/mol. The van der Waals surface area contributed by atoms with Crippen molar-refractivity contribution < 1.29 is 9.53 Å². The van der Waals surface area contributed by atoms with E-state index in [0.717, 1.165) is 30.8 Å². The Labute approximate surface area is 141 Å². The number of rotatable bonds is 3. The van der Waals surface area contributed by atoms with Crippen LogP contribution in [0.1, 0.15) is 36.6 Å². The van der Waals surface area contributed by atoms with E-state index in [9.17, 15) is 4.79 Å². The fourth-order valence-corrected chi connectivity index (χ4v) is 3.90. The lowest BCUT2D eigenvalue weighted by molar-refractivity contribution is 0.190. The van der Waals surface area contributed by atoms with Crippen molar-refractivity contribution in [2.45, 2.75) is 31.7 Å². The van der Waals surface area contributed by atoms with Gasteiger partial charge in [-0.25, -0.2) is 4.79 Å². The molecule has 3 rings (SSSR count). The maximum absolute atomic E-state index is 12.8. The second-order valence-electron chi connectivity index (χ2n) is 5.74. The minimum absolute atomic E-state index is 0.0291. The molecule has 122 valence electrons. The summed E-state index contributed by atoms with van der Waals surface area (Å²) in [6.07, 6.45) is 4.45. The molecule has 4 nitrogen and oxygen atoms in total. The summed E-state index contributed by atoms with van der Waals surface area (Å²) < 4.78 is 5.22. The van der Waals surface area contributed by atoms with Gasteiger partial charge in [0.15, 0.2) is 0 Å². The fraction of sp³-hybridized carbons (Fsp3) is 0.389. The summed E-state index contributed by atoms with van der Waals surface area (Å²) in [5, 5.41) is 5.10. The maximum Gasteiger partial charge on any atom is 0.322 e. The first-order valence-corrected chi connectivity index (χ1v) is 8.91. The molecule has 0 aliphatic carbocycles. The van der Waals surface area contributed by atoms with Crippen LogP contribution in [-0.4, -0.2) is 24.6 Å². The summed E-state index contributed by atoms with van der Waals surface area (Å²) in [5.74, 6) is 0.744. The summed E-state index contributed by atoms with van der Waals surface area (Å²) in [7, 11) is 1.63. The number of methoxy groups -OCH3 is 1. The van der Waals surface area contributed by atoms with Gasteiger partial charge in [0.05, 0.1) is 13.2 Å². The number of nitrogens with zero attached hydrogens (tertiary/aromatic N) is 1. The number of nitrogens with one attached hydrogen (secondary N) is 1. The molecule has 1 N–H and O–H groups in total. The van der Waals surface area contributed by atoms with E-state index >= 15 is 0 Å². The van der Waals surface area contributed by atoms with Crippen molar-refractivity contribution in [1.29, 1.82) is 0 Å². The van der Waals surface area contributed by atoms with E-state index in [1.165, 1.54) is 17.7 Å². The van der Waals surface area contributed by atoms with Crippen LogP contribution in [0.5, 0.6) is 5.75 Å². The molecule has 2 amide bonds. The zero-order valence-corrected chi connectivity index (χ0v) is 14.1. The number of likely N-dealkylation sites (tertiary alicyclic amines) is 1. The van der Waals surface area contributed by atoms with Crippen LogP contribution in [0.4, 0.5) is 10.5 Å². The number of amides is 2. The molecular formula is C18H22N2O2S. The monoisotopic (exact) mass is 330 g/mol. The van der Waals surface area contributed by atoms with Gasteiger partial charge in [0.2, 0.25) is 0 Å². The van der Waals surface area contributed by atoms with Gasteiger partial charge in [-0.1, -0.05) is 25.0 Å². The molecule has 1 aliphatic rings. The molecule has 2 aromatic rings. The Hall–Kier alpha value is -2.01. The Bertz CT molecular complexity index is 642. The molecule has 2 heterocycles. The first-order valence-electron chi connectivity index (χ1n) is 8.03. The molecule has 0 bridgehead atoms. The number of thiophene rings is 1. The molecule has 0 spiro atoms. The molecule has 1 aromatic carbocycles. The van der Waals surface area contributed by atoms with E-state index in [1.54, 1.807) is 18.4 Å². The van der Waals surface area contributed by atoms with Crippen LogP contribution in [0, 0.1) is 0 Å². The van der Waals surface area contributed by atoms with Gasteiger partial charge in [-0.05, 0) is 36.4 Å². The summed E-state index contributed by atoms with van der Waals surface area (Å²) in [6.45, 7) is 0.804. The lowest BCUT2D eigenvalue weighted by Gasteiger charge is -2.29. The molecule has 0 radical (unpaired) electrons. The third-order valence-corrected chi connectivity index (χ3v) is 5.18. The highest BCUT2D eigenvalue weighted by Crippen LogP contribution is 2.33. The maximum atomic E-state index is 12.8. The van der Waals surface area contributed by atoms with Crippen molar-refractivity contribution in [3.05, 3.63) is 46.7 Å². The number of urea groups is 1. The van der Waals surface area contributed by atoms with E-state index in [1.807, 2.05) is 29.2 Å². The molecule has 1 atom stereocenters. The Balaban J connectivity index is 1.77. The predicted molar refractivity (Wildman–Crippen MR) is 94.2 cm³/mol. The van der Waals surface area contributed by atoms with Gasteiger partial charge < -0.3 is 15.0 Å². The zero-order chi connectivity index (χ0) is 16.1. The van der Waals surface area contributed by atoms with Gasteiger partial charge in [-0.3, -0.25) is 0 Å². The molecule has 0 saturated carbocycles. The van der Waals surface area contributed by atoms with Gasteiger partial charge in [0.25, 0.3) is 0 Å². The molecular weight excluding hydrogens is 308 g/mol. The number of hydrogen-bond donors (Lipinski definition) is 1. The normalized spacial score (nSPS) is 18.3. The Morgan fingerprint density at radius 2 is 2.17 bits per heavy atom. The Morgan fingerprint density at radius 1 is 1.26 bits per heavy atom. The lowest BCUT2D eigenvalue weighted by Crippen LogP contribution is -2.37. The smallest absolute Gasteiger partial charge is 0.322 e. The van der Waals surface area contributed by atoms with Gasteiger partial charge in [0, 0.05) is 23.2 Å². The zero-order valence-electron chi connectivity index (χ0n) is 13.3. The highest BCUT2D eigenvalue weighted by Gasteiger charge is 2.27. The fourth-order valence-electron chi connectivity index (χ4n) is 3.02. The van der Waals surface area contributed by atoms with Gasteiger partial charge in [-0.15, -0.1) is 11.3 Å². The lowest BCUT2D eigenvalue weighted by atomic mass is 10.1. The summed E-state index contributed by atoms with van der Waals surface area (Å²) >= 11 is 1.73. The van der Waals surface area contributed by atoms with Gasteiger partial charge >= 0.3 is 6.03 Å². The Kier molecular flexibility index (Phi) is 5.18. The third kappa shape index (κ3) is 3.85. The topological polar surface area (TPSA) is 41.6 Å². The van der Waals surface area contributed by atoms with Crippen LogP contribution in [0.25, 0.3) is 0 Å². The minimum Gasteiger partial charge on any atom is -0.497 e. The summed E-state index contributed by atoms with van der Waals surface area (Å²) in [6, 6.07) is 11.8. The van der Waals surface area contributed by atoms with Crippen LogP contribution < -0.4 is 10.1 Å². The molecule has 1 aromatic heterocycles. The van der Waals surface area contributed by atoms with Gasteiger partial charge in [0.1, 0.15) is 5.75 Å². The number of carbonyl (C=O) groups is 1. The van der Waals surface area contributed by atoms with Crippen LogP contribution in [0.3, 0.4) is 0 Å². The molecule has 1 aliphatic heterocycles. The number of carbonyl (C=O) groups excluding carboxylic acids is 1. The second-order valence-corrected chi connectivity index (χ2v) is 6.72. The largest absolute Gasteiger partial charge is 0.497 e. The van der Waals surface area contributed by atoms with E-state index in [2.05, 4.69) is 22.8 Å². The number of anilines is 1.